The Morgan fingerprint density at radius 3 is 2.50 bits per heavy atom. The van der Waals surface area contributed by atoms with Crippen molar-refractivity contribution in [2.24, 2.45) is 5.73 Å². The van der Waals surface area contributed by atoms with Crippen molar-refractivity contribution < 1.29 is 0 Å². The average molecular weight is 218 g/mol. The van der Waals surface area contributed by atoms with Crippen LogP contribution in [0.25, 0.3) is 0 Å². The van der Waals surface area contributed by atoms with E-state index in [0.29, 0.717) is 12.1 Å². The summed E-state index contributed by atoms with van der Waals surface area (Å²) in [7, 11) is 0. The van der Waals surface area contributed by atoms with Gasteiger partial charge in [-0.15, -0.1) is 0 Å². The molecular weight excluding hydrogens is 196 g/mol. The second-order valence-electron chi connectivity index (χ2n) is 4.75. The summed E-state index contributed by atoms with van der Waals surface area (Å²) in [4.78, 5) is 0. The molecule has 0 aromatic heterocycles. The lowest BCUT2D eigenvalue weighted by Crippen LogP contribution is -2.42. The van der Waals surface area contributed by atoms with Gasteiger partial charge in [0.2, 0.25) is 0 Å². The summed E-state index contributed by atoms with van der Waals surface area (Å²) in [5.41, 5.74) is 8.72. The Morgan fingerprint density at radius 2 is 1.88 bits per heavy atom. The second-order valence-corrected chi connectivity index (χ2v) is 4.75. The fourth-order valence-corrected chi connectivity index (χ4v) is 2.39. The monoisotopic (exact) mass is 218 g/mol. The molecule has 1 aliphatic carbocycles. The molecule has 1 aromatic carbocycles. The molecule has 0 radical (unpaired) electrons. The molecule has 0 saturated heterocycles. The molecule has 0 unspecified atom stereocenters. The predicted octanol–water partition coefficient (Wildman–Crippen LogP) is 2.93. The highest BCUT2D eigenvalue weighted by atomic mass is 15.0. The van der Waals surface area contributed by atoms with Crippen molar-refractivity contribution in [2.45, 2.75) is 51.1 Å². The molecule has 2 atom stereocenters. The van der Waals surface area contributed by atoms with Crippen LogP contribution in [-0.4, -0.2) is 12.1 Å². The topological polar surface area (TPSA) is 38.0 Å². The van der Waals surface area contributed by atoms with E-state index in [9.17, 15) is 0 Å². The summed E-state index contributed by atoms with van der Waals surface area (Å²) in [6, 6.07) is 9.49. The van der Waals surface area contributed by atoms with Gasteiger partial charge in [-0.2, -0.15) is 0 Å². The quantitative estimate of drug-likeness (QED) is 0.818. The third-order valence-corrected chi connectivity index (χ3v) is 3.53. The van der Waals surface area contributed by atoms with E-state index in [0.717, 1.165) is 12.8 Å². The lowest BCUT2D eigenvalue weighted by molar-refractivity contribution is 0.404. The van der Waals surface area contributed by atoms with E-state index in [1.165, 1.54) is 30.5 Å². The number of hydrogen-bond donors (Lipinski definition) is 2. The normalized spacial score (nSPS) is 25.4. The first-order valence-electron chi connectivity index (χ1n) is 6.40. The van der Waals surface area contributed by atoms with Crippen molar-refractivity contribution in [3.05, 3.63) is 29.8 Å². The molecule has 2 nitrogen and oxygen atoms in total. The van der Waals surface area contributed by atoms with Crippen LogP contribution in [0.2, 0.25) is 0 Å². The molecule has 1 fully saturated rings. The van der Waals surface area contributed by atoms with Gasteiger partial charge in [0.25, 0.3) is 0 Å². The molecule has 0 aliphatic heterocycles. The van der Waals surface area contributed by atoms with Crippen LogP contribution in [0.4, 0.5) is 5.69 Å². The van der Waals surface area contributed by atoms with Crippen LogP contribution >= 0.6 is 0 Å². The Bertz CT molecular complexity index is 318. The molecule has 1 saturated carbocycles. The van der Waals surface area contributed by atoms with Crippen molar-refractivity contribution in [2.75, 3.05) is 5.32 Å². The van der Waals surface area contributed by atoms with E-state index in [1.807, 2.05) is 0 Å². The van der Waals surface area contributed by atoms with E-state index < -0.39 is 0 Å². The highest BCUT2D eigenvalue weighted by molar-refractivity contribution is 5.45. The number of aryl methyl sites for hydroxylation is 1. The summed E-state index contributed by atoms with van der Waals surface area (Å²) in [5, 5.41) is 3.56. The maximum Gasteiger partial charge on any atom is 0.0412 e. The van der Waals surface area contributed by atoms with Crippen LogP contribution < -0.4 is 11.1 Å². The highest BCUT2D eigenvalue weighted by Crippen LogP contribution is 2.21. The minimum Gasteiger partial charge on any atom is -0.381 e. The summed E-state index contributed by atoms with van der Waals surface area (Å²) in [6.45, 7) is 2.18. The molecule has 1 aliphatic rings. The van der Waals surface area contributed by atoms with Gasteiger partial charge in [-0.3, -0.25) is 0 Å². The molecule has 16 heavy (non-hydrogen) atoms. The van der Waals surface area contributed by atoms with E-state index >= 15 is 0 Å². The maximum absolute atomic E-state index is 6.12. The van der Waals surface area contributed by atoms with Gasteiger partial charge in [0.05, 0.1) is 0 Å². The smallest absolute Gasteiger partial charge is 0.0412 e. The Balaban J connectivity index is 1.96. The standard InChI is InChI=1S/C14H22N2/c1-2-11-7-9-12(10-8-11)16-14-6-4-3-5-13(14)15/h7-10,13-14,16H,2-6,15H2,1H3/t13-,14-/m1/s1. The number of rotatable bonds is 3. The van der Waals surface area contributed by atoms with E-state index in [1.54, 1.807) is 0 Å². The number of anilines is 1. The van der Waals surface area contributed by atoms with Crippen molar-refractivity contribution >= 4 is 5.69 Å². The highest BCUT2D eigenvalue weighted by Gasteiger charge is 2.21. The van der Waals surface area contributed by atoms with E-state index in [2.05, 4.69) is 36.5 Å². The molecule has 1 aromatic rings. The van der Waals surface area contributed by atoms with E-state index in [4.69, 9.17) is 5.73 Å². The lowest BCUT2D eigenvalue weighted by atomic mass is 9.91. The van der Waals surface area contributed by atoms with Gasteiger partial charge in [0.15, 0.2) is 0 Å². The Kier molecular flexibility index (Phi) is 3.83. The lowest BCUT2D eigenvalue weighted by Gasteiger charge is -2.30. The minimum absolute atomic E-state index is 0.319. The molecule has 3 N–H and O–H groups in total. The van der Waals surface area contributed by atoms with Gasteiger partial charge < -0.3 is 11.1 Å². The van der Waals surface area contributed by atoms with Gasteiger partial charge in [-0.1, -0.05) is 31.9 Å². The first kappa shape index (κ1) is 11.5. The third kappa shape index (κ3) is 2.76. The zero-order chi connectivity index (χ0) is 11.4. The summed E-state index contributed by atoms with van der Waals surface area (Å²) in [5.74, 6) is 0. The fraction of sp³-hybridized carbons (Fsp3) is 0.571. The SMILES string of the molecule is CCc1ccc(N[C@@H]2CCCC[C@H]2N)cc1. The second kappa shape index (κ2) is 5.35. The Labute approximate surface area is 98.2 Å². The van der Waals surface area contributed by atoms with Crippen LogP contribution in [0, 0.1) is 0 Å². The fourth-order valence-electron chi connectivity index (χ4n) is 2.39. The molecule has 88 valence electrons. The Morgan fingerprint density at radius 1 is 1.19 bits per heavy atom. The van der Waals surface area contributed by atoms with Crippen LogP contribution in [0.1, 0.15) is 38.2 Å². The average Bonchev–Trinajstić information content (AvgIpc) is 2.33. The first-order chi connectivity index (χ1) is 7.79. The summed E-state index contributed by atoms with van der Waals surface area (Å²) >= 11 is 0. The minimum atomic E-state index is 0.319. The van der Waals surface area contributed by atoms with Crippen molar-refractivity contribution in [3.63, 3.8) is 0 Å². The van der Waals surface area contributed by atoms with Crippen LogP contribution in [0.15, 0.2) is 24.3 Å². The number of nitrogens with one attached hydrogen (secondary N) is 1. The van der Waals surface area contributed by atoms with Gasteiger partial charge in [0.1, 0.15) is 0 Å². The molecule has 2 rings (SSSR count). The zero-order valence-corrected chi connectivity index (χ0v) is 10.1. The Hall–Kier alpha value is -1.02. The van der Waals surface area contributed by atoms with Crippen LogP contribution in [0.3, 0.4) is 0 Å². The van der Waals surface area contributed by atoms with Gasteiger partial charge in [-0.05, 0) is 37.0 Å². The number of hydrogen-bond acceptors (Lipinski definition) is 2. The zero-order valence-electron chi connectivity index (χ0n) is 10.1. The molecule has 0 heterocycles. The predicted molar refractivity (Wildman–Crippen MR) is 69.7 cm³/mol. The third-order valence-electron chi connectivity index (χ3n) is 3.53. The van der Waals surface area contributed by atoms with Crippen molar-refractivity contribution in [1.29, 1.82) is 0 Å². The van der Waals surface area contributed by atoms with Crippen LogP contribution in [-0.2, 0) is 6.42 Å². The molecule has 0 spiro atoms. The summed E-state index contributed by atoms with van der Waals surface area (Å²) in [6.07, 6.45) is 6.05. The first-order valence-corrected chi connectivity index (χ1v) is 6.40. The summed E-state index contributed by atoms with van der Waals surface area (Å²) < 4.78 is 0. The van der Waals surface area contributed by atoms with Gasteiger partial charge >= 0.3 is 0 Å². The van der Waals surface area contributed by atoms with Crippen molar-refractivity contribution in [1.82, 2.24) is 0 Å². The van der Waals surface area contributed by atoms with Gasteiger partial charge in [0, 0.05) is 17.8 Å². The largest absolute Gasteiger partial charge is 0.381 e. The molecule has 0 bridgehead atoms. The maximum atomic E-state index is 6.12. The van der Waals surface area contributed by atoms with E-state index in [-0.39, 0.29) is 0 Å². The number of benzene rings is 1. The van der Waals surface area contributed by atoms with Crippen molar-refractivity contribution in [3.8, 4) is 0 Å². The molecule has 2 heteroatoms. The van der Waals surface area contributed by atoms with Gasteiger partial charge in [-0.25, -0.2) is 0 Å². The number of nitrogens with two attached hydrogens (primary N) is 1. The molecular formula is C14H22N2. The van der Waals surface area contributed by atoms with Crippen LogP contribution in [0.5, 0.6) is 0 Å². The molecule has 0 amide bonds.